The maximum Gasteiger partial charge on any atom is 0.155 e. The average Bonchev–Trinajstić information content (AvgIpc) is 3.10. The van der Waals surface area contributed by atoms with Crippen LogP contribution in [0.25, 0.3) is 0 Å². The molecule has 0 radical (unpaired) electrons. The van der Waals surface area contributed by atoms with Gasteiger partial charge in [-0.1, -0.05) is 68.2 Å². The molecule has 3 nitrogen and oxygen atoms in total. The number of ether oxygens (including phenoxy) is 1. The van der Waals surface area contributed by atoms with Gasteiger partial charge in [0.25, 0.3) is 0 Å². The number of ketones is 1. The zero-order valence-corrected chi connectivity index (χ0v) is 24.2. The van der Waals surface area contributed by atoms with Crippen LogP contribution in [0.1, 0.15) is 120 Å². The fourth-order valence-corrected chi connectivity index (χ4v) is 10.4. The van der Waals surface area contributed by atoms with Gasteiger partial charge < -0.3 is 9.84 Å². The Labute approximate surface area is 216 Å². The normalized spacial score (nSPS) is 50.5. The van der Waals surface area contributed by atoms with Crippen LogP contribution in [0, 0.1) is 64.1 Å². The Balaban J connectivity index is 0.00000141. The molecule has 4 saturated carbocycles. The van der Waals surface area contributed by atoms with Crippen molar-refractivity contribution < 1.29 is 14.6 Å². The van der Waals surface area contributed by atoms with E-state index in [1.54, 1.807) is 0 Å². The van der Waals surface area contributed by atoms with E-state index in [2.05, 4.69) is 41.5 Å². The SMILES string of the molecule is CC.CC(C)C1CC(O)OC(C(C)C2CC(=O)C3C4C(C)CC5CCCCC5(C)C4CCC23C)C1. The summed E-state index contributed by atoms with van der Waals surface area (Å²) in [5.74, 6) is 5.47. The van der Waals surface area contributed by atoms with Crippen LogP contribution < -0.4 is 0 Å². The molecule has 3 heteroatoms. The molecule has 1 saturated heterocycles. The van der Waals surface area contributed by atoms with Gasteiger partial charge in [-0.15, -0.1) is 0 Å². The predicted octanol–water partition coefficient (Wildman–Crippen LogP) is 7.89. The van der Waals surface area contributed by atoms with Crippen LogP contribution in [-0.2, 0) is 9.53 Å². The number of hydrogen-bond donors (Lipinski definition) is 1. The highest BCUT2D eigenvalue weighted by Gasteiger charge is 2.65. The van der Waals surface area contributed by atoms with E-state index in [1.165, 1.54) is 44.9 Å². The quantitative estimate of drug-likeness (QED) is 0.439. The fraction of sp³-hybridized carbons (Fsp3) is 0.969. The predicted molar refractivity (Wildman–Crippen MR) is 144 cm³/mol. The van der Waals surface area contributed by atoms with Crippen molar-refractivity contribution in [2.45, 2.75) is 132 Å². The Morgan fingerprint density at radius 2 is 1.69 bits per heavy atom. The first-order chi connectivity index (χ1) is 16.6. The molecule has 202 valence electrons. The molecule has 12 atom stereocenters. The molecule has 0 aromatic heterocycles. The summed E-state index contributed by atoms with van der Waals surface area (Å²) in [4.78, 5) is 13.8. The van der Waals surface area contributed by atoms with Crippen LogP contribution >= 0.6 is 0 Å². The van der Waals surface area contributed by atoms with E-state index >= 15 is 0 Å². The van der Waals surface area contributed by atoms with Crippen molar-refractivity contribution in [3.8, 4) is 0 Å². The van der Waals surface area contributed by atoms with E-state index in [9.17, 15) is 9.90 Å². The highest BCUT2D eigenvalue weighted by Crippen LogP contribution is 2.68. The molecule has 5 aliphatic rings. The van der Waals surface area contributed by atoms with E-state index in [1.807, 2.05) is 13.8 Å². The highest BCUT2D eigenvalue weighted by atomic mass is 16.6. The molecule has 1 N–H and O–H groups in total. The third-order valence-corrected chi connectivity index (χ3v) is 12.3. The van der Waals surface area contributed by atoms with Gasteiger partial charge in [0.2, 0.25) is 0 Å². The summed E-state index contributed by atoms with van der Waals surface area (Å²) >= 11 is 0. The molecule has 0 aromatic carbocycles. The van der Waals surface area contributed by atoms with Gasteiger partial charge in [-0.3, -0.25) is 4.79 Å². The van der Waals surface area contributed by atoms with Crippen molar-refractivity contribution in [2.24, 2.45) is 64.1 Å². The van der Waals surface area contributed by atoms with Crippen molar-refractivity contribution in [1.29, 1.82) is 0 Å². The van der Waals surface area contributed by atoms with E-state index in [4.69, 9.17) is 4.74 Å². The molecule has 0 spiro atoms. The second-order valence-corrected chi connectivity index (χ2v) is 14.1. The first kappa shape index (κ1) is 27.6. The van der Waals surface area contributed by atoms with Gasteiger partial charge >= 0.3 is 0 Å². The van der Waals surface area contributed by atoms with Crippen molar-refractivity contribution in [3.05, 3.63) is 0 Å². The monoisotopic (exact) mass is 488 g/mol. The van der Waals surface area contributed by atoms with Gasteiger partial charge in [0.1, 0.15) is 5.78 Å². The Bertz CT molecular complexity index is 747. The number of aliphatic hydroxyl groups is 1. The van der Waals surface area contributed by atoms with E-state index < -0.39 is 6.29 Å². The standard InChI is InChI=1S/C30H50O3.C2H6/c1-17(2)20-14-25(33-26(32)15-20)19(4)23-16-24(31)28-27-18(3)13-21-9-7-8-11-29(21,5)22(27)10-12-30(23,28)6;1-2/h17-23,25-28,32H,7-16H2,1-6H3;1-2H3. The van der Waals surface area contributed by atoms with E-state index in [0.29, 0.717) is 46.7 Å². The second kappa shape index (κ2) is 10.4. The lowest BCUT2D eigenvalue weighted by atomic mass is 9.42. The number of fused-ring (bicyclic) bond motifs is 5. The van der Waals surface area contributed by atoms with Gasteiger partial charge in [0.15, 0.2) is 6.29 Å². The number of carbonyl (C=O) groups excluding carboxylic acids is 1. The molecule has 5 rings (SSSR count). The maximum absolute atomic E-state index is 13.8. The summed E-state index contributed by atoms with van der Waals surface area (Å²) in [6.07, 6.45) is 11.4. The average molecular weight is 489 g/mol. The van der Waals surface area contributed by atoms with Gasteiger partial charge in [-0.05, 0) is 96.7 Å². The minimum atomic E-state index is -0.642. The molecule has 0 aromatic rings. The second-order valence-electron chi connectivity index (χ2n) is 14.1. The summed E-state index contributed by atoms with van der Waals surface area (Å²) in [5, 5.41) is 10.5. The summed E-state index contributed by atoms with van der Waals surface area (Å²) in [6.45, 7) is 18.4. The zero-order valence-electron chi connectivity index (χ0n) is 24.2. The Kier molecular flexibility index (Phi) is 8.20. The highest BCUT2D eigenvalue weighted by molar-refractivity contribution is 5.85. The molecule has 1 aliphatic heterocycles. The van der Waals surface area contributed by atoms with Crippen molar-refractivity contribution in [2.75, 3.05) is 0 Å². The summed E-state index contributed by atoms with van der Waals surface area (Å²) in [5.41, 5.74) is 0.560. The summed E-state index contributed by atoms with van der Waals surface area (Å²) in [6, 6.07) is 0. The van der Waals surface area contributed by atoms with E-state index in [-0.39, 0.29) is 17.4 Å². The molecule has 5 fully saturated rings. The van der Waals surface area contributed by atoms with Crippen LogP contribution in [0.4, 0.5) is 0 Å². The topological polar surface area (TPSA) is 46.5 Å². The molecule has 0 bridgehead atoms. The number of aliphatic hydroxyl groups excluding tert-OH is 1. The Morgan fingerprint density at radius 1 is 0.971 bits per heavy atom. The Morgan fingerprint density at radius 3 is 2.37 bits per heavy atom. The third kappa shape index (κ3) is 4.58. The van der Waals surface area contributed by atoms with Crippen molar-refractivity contribution in [3.63, 3.8) is 0 Å². The summed E-state index contributed by atoms with van der Waals surface area (Å²) in [7, 11) is 0. The lowest BCUT2D eigenvalue weighted by molar-refractivity contribution is -0.206. The Hall–Kier alpha value is -0.410. The molecule has 0 amide bonds. The fourth-order valence-electron chi connectivity index (χ4n) is 10.4. The smallest absolute Gasteiger partial charge is 0.155 e. The van der Waals surface area contributed by atoms with Gasteiger partial charge in [-0.25, -0.2) is 0 Å². The number of rotatable bonds is 3. The number of hydrogen-bond acceptors (Lipinski definition) is 3. The van der Waals surface area contributed by atoms with Crippen LogP contribution in [-0.4, -0.2) is 23.3 Å². The molecule has 35 heavy (non-hydrogen) atoms. The molecule has 4 aliphatic carbocycles. The van der Waals surface area contributed by atoms with E-state index in [0.717, 1.165) is 31.1 Å². The van der Waals surface area contributed by atoms with Gasteiger partial charge in [-0.2, -0.15) is 0 Å². The number of Topliss-reactive ketones (excluding diaryl/α,β-unsaturated/α-hetero) is 1. The van der Waals surface area contributed by atoms with Gasteiger partial charge in [0.05, 0.1) is 6.10 Å². The van der Waals surface area contributed by atoms with Crippen LogP contribution in [0.5, 0.6) is 0 Å². The third-order valence-electron chi connectivity index (χ3n) is 12.3. The largest absolute Gasteiger partial charge is 0.368 e. The maximum atomic E-state index is 13.8. The lowest BCUT2D eigenvalue weighted by Crippen LogP contribution is -2.57. The van der Waals surface area contributed by atoms with Crippen LogP contribution in [0.15, 0.2) is 0 Å². The first-order valence-electron chi connectivity index (χ1n) is 15.4. The minimum absolute atomic E-state index is 0.0799. The first-order valence-corrected chi connectivity index (χ1v) is 15.4. The number of carbonyl (C=O) groups is 1. The van der Waals surface area contributed by atoms with Crippen LogP contribution in [0.3, 0.4) is 0 Å². The van der Waals surface area contributed by atoms with Crippen LogP contribution in [0.2, 0.25) is 0 Å². The molecule has 12 unspecified atom stereocenters. The molecular formula is C32H56O3. The summed E-state index contributed by atoms with van der Waals surface area (Å²) < 4.78 is 6.16. The minimum Gasteiger partial charge on any atom is -0.368 e. The van der Waals surface area contributed by atoms with Gasteiger partial charge in [0, 0.05) is 18.8 Å². The molecule has 1 heterocycles. The lowest BCUT2D eigenvalue weighted by Gasteiger charge is -2.62. The molecular weight excluding hydrogens is 432 g/mol. The van der Waals surface area contributed by atoms with Crippen molar-refractivity contribution in [1.82, 2.24) is 0 Å². The van der Waals surface area contributed by atoms with Crippen molar-refractivity contribution >= 4 is 5.78 Å². The zero-order chi connectivity index (χ0) is 25.7.